The van der Waals surface area contributed by atoms with Gasteiger partial charge in [-0.2, -0.15) is 0 Å². The van der Waals surface area contributed by atoms with Gasteiger partial charge in [0.25, 0.3) is 5.91 Å². The summed E-state index contributed by atoms with van der Waals surface area (Å²) in [5.74, 6) is 0.204. The number of hydrogen-bond donors (Lipinski definition) is 0. The van der Waals surface area contributed by atoms with Crippen molar-refractivity contribution < 1.29 is 14.3 Å². The van der Waals surface area contributed by atoms with Crippen LogP contribution >= 0.6 is 11.3 Å². The molecule has 0 saturated carbocycles. The summed E-state index contributed by atoms with van der Waals surface area (Å²) in [5, 5.41) is 0. The molecule has 1 amide bonds. The largest absolute Gasteiger partial charge is 0.465 e. The number of esters is 1. The lowest BCUT2D eigenvalue weighted by molar-refractivity contribution is 0.0606. The van der Waals surface area contributed by atoms with Crippen LogP contribution in [0.1, 0.15) is 39.1 Å². The molecule has 0 N–H and O–H groups in total. The lowest BCUT2D eigenvalue weighted by atomic mass is 10.0. The predicted molar refractivity (Wildman–Crippen MR) is 70.0 cm³/mol. The van der Waals surface area contributed by atoms with Crippen LogP contribution in [0.4, 0.5) is 0 Å². The Morgan fingerprint density at radius 2 is 2.11 bits per heavy atom. The van der Waals surface area contributed by atoms with Gasteiger partial charge in [-0.25, -0.2) is 4.79 Å². The SMILES string of the molecule is COC(=O)c1ccc(C(=O)N2CCCC(C)C2)s1. The summed E-state index contributed by atoms with van der Waals surface area (Å²) in [4.78, 5) is 26.6. The summed E-state index contributed by atoms with van der Waals surface area (Å²) in [6.07, 6.45) is 2.24. The maximum atomic E-state index is 12.3. The van der Waals surface area contributed by atoms with Crippen LogP contribution in [0.15, 0.2) is 12.1 Å². The lowest BCUT2D eigenvalue weighted by Crippen LogP contribution is -2.38. The summed E-state index contributed by atoms with van der Waals surface area (Å²) in [5.41, 5.74) is 0. The molecule has 1 atom stereocenters. The summed E-state index contributed by atoms with van der Waals surface area (Å²) in [7, 11) is 1.34. The van der Waals surface area contributed by atoms with E-state index in [-0.39, 0.29) is 11.9 Å². The quantitative estimate of drug-likeness (QED) is 0.773. The Morgan fingerprint density at radius 3 is 2.78 bits per heavy atom. The van der Waals surface area contributed by atoms with Gasteiger partial charge in [0.1, 0.15) is 4.88 Å². The minimum Gasteiger partial charge on any atom is -0.465 e. The van der Waals surface area contributed by atoms with Crippen LogP contribution in [0, 0.1) is 5.92 Å². The number of carbonyl (C=O) groups excluding carboxylic acids is 2. The molecule has 1 fully saturated rings. The van der Waals surface area contributed by atoms with E-state index in [0.717, 1.165) is 19.5 Å². The fraction of sp³-hybridized carbons (Fsp3) is 0.538. The Labute approximate surface area is 111 Å². The molecular weight excluding hydrogens is 250 g/mol. The summed E-state index contributed by atoms with van der Waals surface area (Å²) >= 11 is 1.20. The first-order valence-electron chi connectivity index (χ1n) is 6.09. The van der Waals surface area contributed by atoms with Crippen molar-refractivity contribution in [2.45, 2.75) is 19.8 Å². The van der Waals surface area contributed by atoms with Crippen LogP contribution in [0.5, 0.6) is 0 Å². The third-order valence-corrected chi connectivity index (χ3v) is 4.20. The van der Waals surface area contributed by atoms with Crippen molar-refractivity contribution in [3.8, 4) is 0 Å². The standard InChI is InChI=1S/C13H17NO3S/c1-9-4-3-7-14(8-9)12(15)10-5-6-11(18-10)13(16)17-2/h5-6,9H,3-4,7-8H2,1-2H3. The van der Waals surface area contributed by atoms with Gasteiger partial charge in [0.05, 0.1) is 12.0 Å². The Morgan fingerprint density at radius 1 is 1.39 bits per heavy atom. The molecule has 0 aromatic carbocycles. The molecule has 4 nitrogen and oxygen atoms in total. The molecule has 1 aliphatic heterocycles. The number of thiophene rings is 1. The molecule has 0 bridgehead atoms. The number of amides is 1. The van der Waals surface area contributed by atoms with Crippen LogP contribution < -0.4 is 0 Å². The highest BCUT2D eigenvalue weighted by Gasteiger charge is 2.23. The fourth-order valence-electron chi connectivity index (χ4n) is 2.19. The first-order chi connectivity index (χ1) is 8.61. The molecule has 5 heteroatoms. The minimum absolute atomic E-state index is 0.0294. The van der Waals surface area contributed by atoms with Crippen molar-refractivity contribution in [1.29, 1.82) is 0 Å². The second-order valence-electron chi connectivity index (χ2n) is 4.65. The molecule has 98 valence electrons. The Balaban J connectivity index is 2.08. The number of likely N-dealkylation sites (tertiary alicyclic amines) is 1. The fourth-order valence-corrected chi connectivity index (χ4v) is 3.08. The predicted octanol–water partition coefficient (Wildman–Crippen LogP) is 2.41. The Bertz CT molecular complexity index is 455. The molecule has 1 unspecified atom stereocenters. The van der Waals surface area contributed by atoms with Crippen molar-refractivity contribution in [1.82, 2.24) is 4.90 Å². The minimum atomic E-state index is -0.383. The average molecular weight is 267 g/mol. The zero-order valence-corrected chi connectivity index (χ0v) is 11.5. The van der Waals surface area contributed by atoms with Crippen LogP contribution in [-0.4, -0.2) is 37.0 Å². The highest BCUT2D eigenvalue weighted by Crippen LogP contribution is 2.22. The van der Waals surface area contributed by atoms with Crippen LogP contribution in [-0.2, 0) is 4.74 Å². The van der Waals surface area contributed by atoms with Gasteiger partial charge in [-0.1, -0.05) is 6.92 Å². The molecule has 2 heterocycles. The molecule has 0 spiro atoms. The van der Waals surface area contributed by atoms with Gasteiger partial charge >= 0.3 is 5.97 Å². The van der Waals surface area contributed by atoms with Crippen LogP contribution in [0.25, 0.3) is 0 Å². The van der Waals surface area contributed by atoms with Crippen molar-refractivity contribution in [3.63, 3.8) is 0 Å². The topological polar surface area (TPSA) is 46.6 Å². The maximum absolute atomic E-state index is 12.3. The van der Waals surface area contributed by atoms with Crippen molar-refractivity contribution in [2.24, 2.45) is 5.92 Å². The number of nitrogens with zero attached hydrogens (tertiary/aromatic N) is 1. The number of rotatable bonds is 2. The van der Waals surface area contributed by atoms with Crippen molar-refractivity contribution in [2.75, 3.05) is 20.2 Å². The van der Waals surface area contributed by atoms with E-state index in [1.807, 2.05) is 4.90 Å². The van der Waals surface area contributed by atoms with Gasteiger partial charge in [-0.15, -0.1) is 11.3 Å². The first kappa shape index (κ1) is 13.1. The number of carbonyl (C=O) groups is 2. The van der Waals surface area contributed by atoms with Gasteiger partial charge in [-0.3, -0.25) is 4.79 Å². The Kier molecular flexibility index (Phi) is 4.01. The molecular formula is C13H17NO3S. The van der Waals surface area contributed by atoms with Gasteiger partial charge < -0.3 is 9.64 Å². The van der Waals surface area contributed by atoms with Crippen molar-refractivity contribution in [3.05, 3.63) is 21.9 Å². The van der Waals surface area contributed by atoms with E-state index in [0.29, 0.717) is 15.7 Å². The summed E-state index contributed by atoms with van der Waals surface area (Å²) in [6.45, 7) is 3.78. The highest BCUT2D eigenvalue weighted by molar-refractivity contribution is 7.15. The molecule has 0 aliphatic carbocycles. The van der Waals surface area contributed by atoms with E-state index in [2.05, 4.69) is 11.7 Å². The van der Waals surface area contributed by atoms with E-state index < -0.39 is 0 Å². The van der Waals surface area contributed by atoms with Gasteiger partial charge in [-0.05, 0) is 30.9 Å². The lowest BCUT2D eigenvalue weighted by Gasteiger charge is -2.30. The monoisotopic (exact) mass is 267 g/mol. The van der Waals surface area contributed by atoms with Crippen LogP contribution in [0.3, 0.4) is 0 Å². The van der Waals surface area contributed by atoms with Crippen LogP contribution in [0.2, 0.25) is 0 Å². The van der Waals surface area contributed by atoms with E-state index in [1.165, 1.54) is 24.9 Å². The third-order valence-electron chi connectivity index (χ3n) is 3.15. The zero-order valence-electron chi connectivity index (χ0n) is 10.6. The Hall–Kier alpha value is -1.36. The number of piperidine rings is 1. The second kappa shape index (κ2) is 5.52. The van der Waals surface area contributed by atoms with Gasteiger partial charge in [0.15, 0.2) is 0 Å². The smallest absolute Gasteiger partial charge is 0.348 e. The van der Waals surface area contributed by atoms with E-state index in [9.17, 15) is 9.59 Å². The number of methoxy groups -OCH3 is 1. The summed E-state index contributed by atoms with van der Waals surface area (Å²) < 4.78 is 4.64. The highest BCUT2D eigenvalue weighted by atomic mass is 32.1. The maximum Gasteiger partial charge on any atom is 0.348 e. The third kappa shape index (κ3) is 2.72. The molecule has 18 heavy (non-hydrogen) atoms. The molecule has 2 rings (SSSR count). The number of ether oxygens (including phenoxy) is 1. The van der Waals surface area contributed by atoms with E-state index in [1.54, 1.807) is 12.1 Å². The zero-order chi connectivity index (χ0) is 13.1. The average Bonchev–Trinajstić information content (AvgIpc) is 2.86. The second-order valence-corrected chi connectivity index (χ2v) is 5.74. The van der Waals surface area contributed by atoms with E-state index in [4.69, 9.17) is 0 Å². The molecule has 0 radical (unpaired) electrons. The summed E-state index contributed by atoms with van der Waals surface area (Å²) in [6, 6.07) is 3.36. The number of hydrogen-bond acceptors (Lipinski definition) is 4. The first-order valence-corrected chi connectivity index (χ1v) is 6.91. The molecule has 1 aromatic rings. The van der Waals surface area contributed by atoms with Gasteiger partial charge in [0.2, 0.25) is 0 Å². The normalized spacial score (nSPS) is 19.7. The van der Waals surface area contributed by atoms with Gasteiger partial charge in [0, 0.05) is 13.1 Å². The van der Waals surface area contributed by atoms with E-state index >= 15 is 0 Å². The van der Waals surface area contributed by atoms with Crippen molar-refractivity contribution >= 4 is 23.2 Å². The molecule has 1 aliphatic rings. The molecule has 1 aromatic heterocycles. The molecule has 1 saturated heterocycles.